The lowest BCUT2D eigenvalue weighted by Gasteiger charge is -2.09. The highest BCUT2D eigenvalue weighted by atomic mass is 35.5. The van der Waals surface area contributed by atoms with Gasteiger partial charge in [0, 0.05) is 17.8 Å². The first kappa shape index (κ1) is 12.1. The van der Waals surface area contributed by atoms with Gasteiger partial charge in [-0.3, -0.25) is 4.90 Å². The first-order valence-electron chi connectivity index (χ1n) is 4.10. The van der Waals surface area contributed by atoms with E-state index in [9.17, 15) is 4.79 Å². The van der Waals surface area contributed by atoms with Gasteiger partial charge in [0.1, 0.15) is 6.67 Å². The molecular weight excluding hydrogens is 238 g/mol. The lowest BCUT2D eigenvalue weighted by Crippen LogP contribution is -2.28. The maximum atomic E-state index is 10.6. The van der Waals surface area contributed by atoms with Crippen molar-refractivity contribution in [1.82, 2.24) is 4.98 Å². The van der Waals surface area contributed by atoms with E-state index < -0.39 is 11.5 Å². The average molecular weight is 246 g/mol. The van der Waals surface area contributed by atoms with Gasteiger partial charge in [-0.2, -0.15) is 0 Å². The Morgan fingerprint density at radius 1 is 1.50 bits per heavy atom. The molecule has 8 heteroatoms. The van der Waals surface area contributed by atoms with Crippen LogP contribution in [-0.4, -0.2) is 33.4 Å². The first-order chi connectivity index (χ1) is 7.52. The lowest BCUT2D eigenvalue weighted by atomic mass is 10.4. The fraction of sp³-hybridized carbons (Fsp3) is 0.125. The minimum Gasteiger partial charge on any atom is -0.469 e. The van der Waals surface area contributed by atoms with Crippen molar-refractivity contribution in [2.45, 2.75) is 0 Å². The van der Waals surface area contributed by atoms with Gasteiger partial charge in [0.05, 0.1) is 5.69 Å². The van der Waals surface area contributed by atoms with Crippen molar-refractivity contribution >= 4 is 34.6 Å². The summed E-state index contributed by atoms with van der Waals surface area (Å²) in [5.74, 6) is 0.625. The number of carboxylic acid groups (broad SMARTS) is 2. The molecule has 0 aromatic carbocycles. The second-order valence-electron chi connectivity index (χ2n) is 2.67. The van der Waals surface area contributed by atoms with Crippen LogP contribution >= 0.6 is 11.6 Å². The molecule has 3 N–H and O–H groups in total. The third kappa shape index (κ3) is 2.99. The van der Waals surface area contributed by atoms with Gasteiger partial charge >= 0.3 is 11.5 Å². The highest BCUT2D eigenvalue weighted by Gasteiger charge is 2.23. The average Bonchev–Trinajstić information content (AvgIpc) is 2.59. The fourth-order valence-corrected chi connectivity index (χ4v) is 1.16. The Morgan fingerprint density at radius 3 is 2.69 bits per heavy atom. The van der Waals surface area contributed by atoms with Crippen molar-refractivity contribution in [3.05, 3.63) is 18.3 Å². The van der Waals surface area contributed by atoms with Crippen molar-refractivity contribution in [2.75, 3.05) is 16.9 Å². The molecular formula is C8H8ClN3O4. The van der Waals surface area contributed by atoms with E-state index in [-0.39, 0.29) is 6.67 Å². The molecule has 1 aromatic heterocycles. The predicted octanol–water partition coefficient (Wildman–Crippen LogP) is 1.85. The summed E-state index contributed by atoms with van der Waals surface area (Å²) >= 11 is 4.19. The minimum absolute atomic E-state index is 0.279. The first-order valence-corrected chi connectivity index (χ1v) is 4.48. The van der Waals surface area contributed by atoms with Crippen LogP contribution in [0.3, 0.4) is 0 Å². The maximum Gasteiger partial charge on any atom is 0.413 e. The molecule has 7 nitrogen and oxygen atoms in total. The van der Waals surface area contributed by atoms with Crippen LogP contribution in [0.25, 0.3) is 0 Å². The zero-order valence-corrected chi connectivity index (χ0v) is 8.68. The second-order valence-corrected chi connectivity index (χ2v) is 2.99. The summed E-state index contributed by atoms with van der Waals surface area (Å²) < 4.78 is 0. The molecule has 1 amide bonds. The summed E-state index contributed by atoms with van der Waals surface area (Å²) in [5.41, 5.74) is -0.745. The third-order valence-corrected chi connectivity index (χ3v) is 1.71. The van der Waals surface area contributed by atoms with Crippen LogP contribution < -0.4 is 10.2 Å². The van der Waals surface area contributed by atoms with E-state index in [0.717, 1.165) is 0 Å². The van der Waals surface area contributed by atoms with Crippen molar-refractivity contribution in [3.8, 4) is 0 Å². The SMILES string of the molecule is O=C(O)Cl.O=C(O)N1CNc2ncccc21. The summed E-state index contributed by atoms with van der Waals surface area (Å²) in [5, 5.41) is 18.8. The van der Waals surface area contributed by atoms with E-state index in [1.807, 2.05) is 0 Å². The molecule has 1 aliphatic rings. The molecule has 0 saturated heterocycles. The smallest absolute Gasteiger partial charge is 0.413 e. The monoisotopic (exact) mass is 245 g/mol. The Bertz CT molecular complexity index is 408. The molecule has 0 fully saturated rings. The van der Waals surface area contributed by atoms with Gasteiger partial charge in [0.2, 0.25) is 0 Å². The number of halogens is 1. The van der Waals surface area contributed by atoms with Gasteiger partial charge in [-0.05, 0) is 12.1 Å². The van der Waals surface area contributed by atoms with E-state index in [2.05, 4.69) is 21.9 Å². The van der Waals surface area contributed by atoms with E-state index in [0.29, 0.717) is 11.5 Å². The van der Waals surface area contributed by atoms with E-state index in [1.165, 1.54) is 4.90 Å². The van der Waals surface area contributed by atoms with Crippen LogP contribution in [0.15, 0.2) is 18.3 Å². The van der Waals surface area contributed by atoms with Crippen LogP contribution in [0, 0.1) is 0 Å². The number of nitrogens with zero attached hydrogens (tertiary/aromatic N) is 2. The van der Waals surface area contributed by atoms with Gasteiger partial charge in [-0.1, -0.05) is 0 Å². The Kier molecular flexibility index (Phi) is 3.90. The van der Waals surface area contributed by atoms with Crippen LogP contribution in [0.4, 0.5) is 21.1 Å². The minimum atomic E-state index is -1.36. The quantitative estimate of drug-likeness (QED) is 0.603. The Balaban J connectivity index is 0.000000280. The van der Waals surface area contributed by atoms with Gasteiger partial charge in [0.15, 0.2) is 5.82 Å². The van der Waals surface area contributed by atoms with Crippen LogP contribution in [-0.2, 0) is 0 Å². The maximum absolute atomic E-state index is 10.6. The van der Waals surface area contributed by atoms with Gasteiger partial charge in [-0.25, -0.2) is 14.6 Å². The standard InChI is InChI=1S/C7H7N3O2.CHClO2/c11-7(12)10-4-9-6-5(10)2-1-3-8-6;2-1(3)4/h1-3H,4H2,(H,8,9)(H,11,12);(H,3,4). The lowest BCUT2D eigenvalue weighted by molar-refractivity contribution is 0.202. The fourth-order valence-electron chi connectivity index (χ4n) is 1.16. The number of fused-ring (bicyclic) bond motifs is 1. The van der Waals surface area contributed by atoms with Crippen molar-refractivity contribution in [3.63, 3.8) is 0 Å². The van der Waals surface area contributed by atoms with Crippen molar-refractivity contribution < 1.29 is 19.8 Å². The third-order valence-electron chi connectivity index (χ3n) is 1.71. The summed E-state index contributed by atoms with van der Waals surface area (Å²) in [6, 6.07) is 3.43. The Hall–Kier alpha value is -2.02. The second kappa shape index (κ2) is 5.17. The Morgan fingerprint density at radius 2 is 2.12 bits per heavy atom. The molecule has 86 valence electrons. The highest BCUT2D eigenvalue weighted by Crippen LogP contribution is 2.27. The summed E-state index contributed by atoms with van der Waals surface area (Å²) in [6.07, 6.45) is 0.659. The molecule has 16 heavy (non-hydrogen) atoms. The number of amides is 1. The molecule has 1 aromatic rings. The summed E-state index contributed by atoms with van der Waals surface area (Å²) in [6.45, 7) is 0.279. The van der Waals surface area contributed by atoms with E-state index in [4.69, 9.17) is 15.0 Å². The number of carbonyl (C=O) groups is 2. The zero-order valence-electron chi connectivity index (χ0n) is 7.92. The van der Waals surface area contributed by atoms with E-state index >= 15 is 0 Å². The topological polar surface area (TPSA) is 103 Å². The summed E-state index contributed by atoms with van der Waals surface area (Å²) in [4.78, 5) is 24.6. The number of hydrogen-bond donors (Lipinski definition) is 3. The number of pyridine rings is 1. The van der Waals surface area contributed by atoms with Gasteiger partial charge < -0.3 is 15.5 Å². The molecule has 0 bridgehead atoms. The number of hydrogen-bond acceptors (Lipinski definition) is 4. The van der Waals surface area contributed by atoms with Crippen molar-refractivity contribution in [2.24, 2.45) is 0 Å². The molecule has 0 spiro atoms. The number of anilines is 2. The van der Waals surface area contributed by atoms with Crippen molar-refractivity contribution in [1.29, 1.82) is 0 Å². The molecule has 0 saturated carbocycles. The normalized spacial score (nSPS) is 11.9. The van der Waals surface area contributed by atoms with Crippen LogP contribution in [0.2, 0.25) is 0 Å². The molecule has 0 aliphatic carbocycles. The molecule has 1 aliphatic heterocycles. The van der Waals surface area contributed by atoms with Crippen LogP contribution in [0.1, 0.15) is 0 Å². The van der Waals surface area contributed by atoms with Gasteiger partial charge in [0.25, 0.3) is 0 Å². The largest absolute Gasteiger partial charge is 0.469 e. The van der Waals surface area contributed by atoms with E-state index in [1.54, 1.807) is 18.3 Å². The Labute approximate surface area is 95.3 Å². The predicted molar refractivity (Wildman–Crippen MR) is 57.1 cm³/mol. The molecule has 2 rings (SSSR count). The van der Waals surface area contributed by atoms with Crippen LogP contribution in [0.5, 0.6) is 0 Å². The molecule has 0 atom stereocenters. The zero-order chi connectivity index (χ0) is 12.1. The molecule has 0 unspecified atom stereocenters. The molecule has 2 heterocycles. The number of rotatable bonds is 0. The summed E-state index contributed by atoms with van der Waals surface area (Å²) in [7, 11) is 0. The number of aromatic nitrogens is 1. The molecule has 0 radical (unpaired) electrons. The highest BCUT2D eigenvalue weighted by molar-refractivity contribution is 6.60. The van der Waals surface area contributed by atoms with Gasteiger partial charge in [-0.15, -0.1) is 0 Å². The number of nitrogens with one attached hydrogen (secondary N) is 1.